The Bertz CT molecular complexity index is 942. The first-order chi connectivity index (χ1) is 15.8. The van der Waals surface area contributed by atoms with Crippen LogP contribution in [0.1, 0.15) is 44.8 Å². The molecule has 3 aliphatic heterocycles. The second-order valence-electron chi connectivity index (χ2n) is 10.1. The minimum Gasteiger partial charge on any atom is -0.373 e. The fourth-order valence-corrected chi connectivity index (χ4v) is 7.62. The number of piperazine rings is 1. The van der Waals surface area contributed by atoms with E-state index in [4.69, 9.17) is 4.74 Å². The molecule has 3 saturated heterocycles. The van der Waals surface area contributed by atoms with Crippen molar-refractivity contribution < 1.29 is 17.5 Å². The number of anilines is 1. The van der Waals surface area contributed by atoms with E-state index in [1.165, 1.54) is 0 Å². The monoisotopic (exact) mass is 482 g/mol. The lowest BCUT2D eigenvalue weighted by atomic mass is 9.78. The van der Waals surface area contributed by atoms with Crippen LogP contribution in [-0.4, -0.2) is 91.4 Å². The van der Waals surface area contributed by atoms with Gasteiger partial charge in [-0.2, -0.15) is 0 Å². The van der Waals surface area contributed by atoms with Gasteiger partial charge in [0.25, 0.3) is 0 Å². The molecule has 0 bridgehead atoms. The van der Waals surface area contributed by atoms with Gasteiger partial charge in [0.1, 0.15) is 18.3 Å². The highest BCUT2D eigenvalue weighted by Gasteiger charge is 2.46. The van der Waals surface area contributed by atoms with Crippen LogP contribution in [0.2, 0.25) is 0 Å². The number of rotatable bonds is 5. The van der Waals surface area contributed by atoms with Gasteiger partial charge in [0.2, 0.25) is 0 Å². The lowest BCUT2D eigenvalue weighted by molar-refractivity contribution is -0.0708. The third-order valence-electron chi connectivity index (χ3n) is 7.56. The van der Waals surface area contributed by atoms with Crippen LogP contribution in [0.15, 0.2) is 12.4 Å². The van der Waals surface area contributed by atoms with E-state index in [2.05, 4.69) is 30.6 Å². The van der Waals surface area contributed by atoms with Gasteiger partial charge >= 0.3 is 0 Å². The summed E-state index contributed by atoms with van der Waals surface area (Å²) in [4.78, 5) is 13.6. The van der Waals surface area contributed by atoms with Crippen molar-refractivity contribution in [3.05, 3.63) is 18.1 Å². The fourth-order valence-electron chi connectivity index (χ4n) is 5.86. The maximum absolute atomic E-state index is 14.6. The van der Waals surface area contributed by atoms with Gasteiger partial charge in [-0.05, 0) is 33.1 Å². The maximum atomic E-state index is 14.6. The molecule has 1 saturated carbocycles. The standard InChI is InChI=1S/C22H35FN6O3S/c1-14(2)32-20-9-16-18(10-17(20)23)26-27-22(16)19-11-21(25-13-24-19)29-6-4-28(5-7-29)15-3-8-33(30,31)12-15/h11,13-18,20,22,26-27H,3-10,12H2,1-2H3. The smallest absolute Gasteiger partial charge is 0.151 e. The number of hydrogen-bond donors (Lipinski definition) is 2. The Hall–Kier alpha value is -1.40. The number of halogens is 1. The SMILES string of the molecule is CC(C)OC1CC2C(CC1F)NNC2c1cc(N2CCN(C3CCS(=O)(=O)C3)CC2)ncn1. The van der Waals surface area contributed by atoms with Gasteiger partial charge in [-0.3, -0.25) is 10.3 Å². The molecular weight excluding hydrogens is 447 g/mol. The van der Waals surface area contributed by atoms with Gasteiger partial charge in [0, 0.05) is 50.2 Å². The van der Waals surface area contributed by atoms with Crippen molar-refractivity contribution in [1.29, 1.82) is 0 Å². The zero-order chi connectivity index (χ0) is 23.2. The van der Waals surface area contributed by atoms with Crippen LogP contribution in [-0.2, 0) is 14.6 Å². The van der Waals surface area contributed by atoms with Gasteiger partial charge < -0.3 is 9.64 Å². The van der Waals surface area contributed by atoms with E-state index in [1.54, 1.807) is 6.33 Å². The van der Waals surface area contributed by atoms with Gasteiger partial charge in [-0.25, -0.2) is 28.2 Å². The zero-order valence-electron chi connectivity index (χ0n) is 19.4. The van der Waals surface area contributed by atoms with Gasteiger partial charge in [0.05, 0.1) is 35.4 Å². The first kappa shape index (κ1) is 23.3. The molecule has 0 spiro atoms. The second-order valence-corrected chi connectivity index (χ2v) is 12.4. The summed E-state index contributed by atoms with van der Waals surface area (Å²) in [5.41, 5.74) is 7.53. The number of nitrogens with one attached hydrogen (secondary N) is 2. The average Bonchev–Trinajstić information content (AvgIpc) is 3.36. The third kappa shape index (κ3) is 5.02. The van der Waals surface area contributed by atoms with Gasteiger partial charge in [-0.15, -0.1) is 0 Å². The van der Waals surface area contributed by atoms with E-state index in [9.17, 15) is 12.8 Å². The van der Waals surface area contributed by atoms with Crippen molar-refractivity contribution in [2.24, 2.45) is 5.92 Å². The van der Waals surface area contributed by atoms with Crippen LogP contribution in [0, 0.1) is 5.92 Å². The Morgan fingerprint density at radius 3 is 2.64 bits per heavy atom. The highest BCUT2D eigenvalue weighted by molar-refractivity contribution is 7.91. The molecule has 1 aliphatic carbocycles. The number of nitrogens with zero attached hydrogens (tertiary/aromatic N) is 4. The predicted molar refractivity (Wildman–Crippen MR) is 123 cm³/mol. The van der Waals surface area contributed by atoms with Crippen LogP contribution >= 0.6 is 0 Å². The predicted octanol–water partition coefficient (Wildman–Crippen LogP) is 0.845. The Morgan fingerprint density at radius 1 is 1.15 bits per heavy atom. The van der Waals surface area contributed by atoms with Crippen molar-refractivity contribution >= 4 is 15.7 Å². The Morgan fingerprint density at radius 2 is 1.94 bits per heavy atom. The molecule has 5 rings (SSSR count). The lowest BCUT2D eigenvalue weighted by Crippen LogP contribution is -2.51. The number of hydrazine groups is 1. The number of hydrogen-bond acceptors (Lipinski definition) is 9. The molecule has 4 aliphatic rings. The van der Waals surface area contributed by atoms with Crippen molar-refractivity contribution in [3.63, 3.8) is 0 Å². The largest absolute Gasteiger partial charge is 0.373 e. The van der Waals surface area contributed by atoms with E-state index < -0.39 is 16.0 Å². The van der Waals surface area contributed by atoms with Crippen LogP contribution in [0.5, 0.6) is 0 Å². The number of alkyl halides is 1. The zero-order valence-corrected chi connectivity index (χ0v) is 20.2. The first-order valence-electron chi connectivity index (χ1n) is 12.1. The van der Waals surface area contributed by atoms with E-state index in [0.29, 0.717) is 18.6 Å². The van der Waals surface area contributed by atoms with E-state index in [0.717, 1.165) is 44.1 Å². The summed E-state index contributed by atoms with van der Waals surface area (Å²) in [5, 5.41) is 0. The van der Waals surface area contributed by atoms with Crippen LogP contribution < -0.4 is 15.8 Å². The number of ether oxygens (including phenoxy) is 1. The minimum absolute atomic E-state index is 0.000711. The second kappa shape index (κ2) is 9.33. The Kier molecular flexibility index (Phi) is 6.60. The summed E-state index contributed by atoms with van der Waals surface area (Å²) in [6, 6.07) is 2.22. The lowest BCUT2D eigenvalue weighted by Gasteiger charge is -2.38. The quantitative estimate of drug-likeness (QED) is 0.633. The Labute approximate surface area is 195 Å². The Balaban J connectivity index is 1.23. The van der Waals surface area contributed by atoms with Gasteiger partial charge in [-0.1, -0.05) is 0 Å². The number of sulfone groups is 1. The topological polar surface area (TPSA) is 99.7 Å². The molecule has 0 amide bonds. The summed E-state index contributed by atoms with van der Waals surface area (Å²) in [6.07, 6.45) is 2.08. The van der Waals surface area contributed by atoms with Crippen LogP contribution in [0.25, 0.3) is 0 Å². The maximum Gasteiger partial charge on any atom is 0.151 e. The van der Waals surface area contributed by atoms with Crippen molar-refractivity contribution in [3.8, 4) is 0 Å². The molecule has 0 aromatic carbocycles. The van der Waals surface area contributed by atoms with Crippen molar-refractivity contribution in [2.45, 2.75) is 69.6 Å². The molecule has 1 aromatic rings. The van der Waals surface area contributed by atoms with E-state index >= 15 is 0 Å². The summed E-state index contributed by atoms with van der Waals surface area (Å²) in [6.45, 7) is 7.18. The molecule has 184 valence electrons. The summed E-state index contributed by atoms with van der Waals surface area (Å²) in [7, 11) is -2.87. The summed E-state index contributed by atoms with van der Waals surface area (Å²) >= 11 is 0. The van der Waals surface area contributed by atoms with Crippen LogP contribution in [0.4, 0.5) is 10.2 Å². The molecule has 0 radical (unpaired) electrons. The summed E-state index contributed by atoms with van der Waals surface area (Å²) < 4.78 is 44.1. The molecule has 4 heterocycles. The first-order valence-corrected chi connectivity index (χ1v) is 13.9. The van der Waals surface area contributed by atoms with Crippen molar-refractivity contribution in [2.75, 3.05) is 42.6 Å². The molecule has 6 atom stereocenters. The average molecular weight is 483 g/mol. The minimum atomic E-state index is -2.87. The van der Waals surface area contributed by atoms with Crippen molar-refractivity contribution in [1.82, 2.24) is 25.7 Å². The number of fused-ring (bicyclic) bond motifs is 1. The third-order valence-corrected chi connectivity index (χ3v) is 9.31. The highest BCUT2D eigenvalue weighted by atomic mass is 32.2. The molecule has 2 N–H and O–H groups in total. The molecule has 9 nitrogen and oxygen atoms in total. The van der Waals surface area contributed by atoms with Crippen LogP contribution in [0.3, 0.4) is 0 Å². The molecule has 6 unspecified atom stereocenters. The molecule has 4 fully saturated rings. The normalized spacial score (nSPS) is 36.9. The molecule has 11 heteroatoms. The van der Waals surface area contributed by atoms with E-state index in [-0.39, 0.29) is 42.0 Å². The summed E-state index contributed by atoms with van der Waals surface area (Å²) in [5.74, 6) is 1.68. The molecule has 1 aromatic heterocycles. The molecule has 33 heavy (non-hydrogen) atoms. The highest BCUT2D eigenvalue weighted by Crippen LogP contribution is 2.40. The number of aromatic nitrogens is 2. The fraction of sp³-hybridized carbons (Fsp3) is 0.818. The molecular formula is C22H35FN6O3S. The van der Waals surface area contributed by atoms with Gasteiger partial charge in [0.15, 0.2) is 9.84 Å². The van der Waals surface area contributed by atoms with E-state index in [1.807, 2.05) is 19.9 Å².